The fourth-order valence-corrected chi connectivity index (χ4v) is 4.40. The quantitative estimate of drug-likeness (QED) is 0.595. The Kier molecular flexibility index (Phi) is 4.90. The summed E-state index contributed by atoms with van der Waals surface area (Å²) in [7, 11) is 0. The van der Waals surface area contributed by atoms with Gasteiger partial charge < -0.3 is 15.5 Å². The molecule has 1 saturated heterocycles. The van der Waals surface area contributed by atoms with E-state index >= 15 is 0 Å². The zero-order chi connectivity index (χ0) is 21.4. The molecule has 1 atom stereocenters. The van der Waals surface area contributed by atoms with Gasteiger partial charge in [0, 0.05) is 59.7 Å². The number of carbonyl (C=O) groups excluding carboxylic acids is 1. The van der Waals surface area contributed by atoms with Gasteiger partial charge in [-0.3, -0.25) is 9.78 Å². The second kappa shape index (κ2) is 7.87. The number of benzene rings is 2. The number of fused-ring (bicyclic) bond motifs is 1. The van der Waals surface area contributed by atoms with E-state index in [1.807, 2.05) is 24.4 Å². The summed E-state index contributed by atoms with van der Waals surface area (Å²) in [5.74, 6) is -0.153. The first-order valence-electron chi connectivity index (χ1n) is 10.4. The van der Waals surface area contributed by atoms with Gasteiger partial charge in [-0.15, -0.1) is 0 Å². The van der Waals surface area contributed by atoms with Crippen molar-refractivity contribution in [1.82, 2.24) is 4.98 Å². The maximum atomic E-state index is 13.6. The van der Waals surface area contributed by atoms with E-state index < -0.39 is 0 Å². The highest BCUT2D eigenvalue weighted by molar-refractivity contribution is 6.31. The summed E-state index contributed by atoms with van der Waals surface area (Å²) in [5.41, 5.74) is 6.03. The number of hydrogen-bond acceptors (Lipinski definition) is 4. The van der Waals surface area contributed by atoms with Crippen molar-refractivity contribution in [2.45, 2.75) is 19.3 Å². The van der Waals surface area contributed by atoms with E-state index in [-0.39, 0.29) is 11.7 Å². The number of amides is 1. The maximum absolute atomic E-state index is 13.6. The number of pyridine rings is 1. The summed E-state index contributed by atoms with van der Waals surface area (Å²) < 4.78 is 13.6. The molecule has 2 aliphatic heterocycles. The summed E-state index contributed by atoms with van der Waals surface area (Å²) >= 11 is 0. The molecule has 0 spiro atoms. The smallest absolute Gasteiger partial charge is 0.257 e. The minimum Gasteiger partial charge on any atom is -0.371 e. The molecule has 0 aliphatic carbocycles. The Balaban J connectivity index is 1.31. The molecule has 156 valence electrons. The van der Waals surface area contributed by atoms with Crippen LogP contribution in [0.15, 0.2) is 67.0 Å². The number of carbonyl (C=O) groups is 1. The van der Waals surface area contributed by atoms with Crippen LogP contribution in [0.1, 0.15) is 29.2 Å². The fourth-order valence-electron chi connectivity index (χ4n) is 4.40. The number of hydrogen-bond donors (Lipinski definition) is 2. The summed E-state index contributed by atoms with van der Waals surface area (Å²) in [5, 5.41) is 5.96. The lowest BCUT2D eigenvalue weighted by Gasteiger charge is -2.21. The van der Waals surface area contributed by atoms with Crippen LogP contribution in [0.5, 0.6) is 0 Å². The van der Waals surface area contributed by atoms with Gasteiger partial charge in [0.2, 0.25) is 0 Å². The average Bonchev–Trinajstić information content (AvgIpc) is 3.37. The molecule has 1 fully saturated rings. The molecule has 2 aliphatic rings. The second-order valence-corrected chi connectivity index (χ2v) is 8.03. The van der Waals surface area contributed by atoms with E-state index in [9.17, 15) is 9.18 Å². The molecule has 5 rings (SSSR count). The number of anilines is 3. The Hall–Kier alpha value is -3.67. The Morgan fingerprint density at radius 1 is 1.19 bits per heavy atom. The van der Waals surface area contributed by atoms with Crippen LogP contribution in [-0.2, 0) is 4.79 Å². The molecular weight excluding hydrogens is 391 g/mol. The van der Waals surface area contributed by atoms with E-state index in [2.05, 4.69) is 45.6 Å². The van der Waals surface area contributed by atoms with Gasteiger partial charge in [-0.2, -0.15) is 0 Å². The van der Waals surface area contributed by atoms with Crippen molar-refractivity contribution in [3.8, 4) is 0 Å². The minimum absolute atomic E-state index is 0.237. The second-order valence-electron chi connectivity index (χ2n) is 8.03. The van der Waals surface area contributed by atoms with Crippen LogP contribution in [0.4, 0.5) is 21.5 Å². The maximum Gasteiger partial charge on any atom is 0.257 e. The monoisotopic (exact) mass is 414 g/mol. The summed E-state index contributed by atoms with van der Waals surface area (Å²) in [4.78, 5) is 19.2. The standard InChI is InChI=1S/C25H23FN4O/c1-16-12-19(28-14-21-20-13-18(26)5-7-23(20)29-25(21)31)6-8-24(16)30-11-9-17(15-30)22-4-2-3-10-27-22/h2-8,10,12-14,17,28H,9,11,15H2,1H3,(H,29,31)/b21-14-. The lowest BCUT2D eigenvalue weighted by Crippen LogP contribution is -2.20. The van der Waals surface area contributed by atoms with Crippen LogP contribution in [0.3, 0.4) is 0 Å². The molecule has 0 radical (unpaired) electrons. The SMILES string of the molecule is Cc1cc(N/C=C2\C(=O)Nc3ccc(F)cc32)ccc1N1CCC(c2ccccn2)C1. The normalized spacial score (nSPS) is 18.9. The highest BCUT2D eigenvalue weighted by atomic mass is 19.1. The van der Waals surface area contributed by atoms with Gasteiger partial charge in [0.1, 0.15) is 5.82 Å². The first-order chi connectivity index (χ1) is 15.1. The van der Waals surface area contributed by atoms with Gasteiger partial charge in [-0.05, 0) is 67.4 Å². The van der Waals surface area contributed by atoms with E-state index in [0.29, 0.717) is 22.7 Å². The van der Waals surface area contributed by atoms with Gasteiger partial charge >= 0.3 is 0 Å². The predicted octanol–water partition coefficient (Wildman–Crippen LogP) is 4.93. The van der Waals surface area contributed by atoms with E-state index in [1.165, 1.54) is 17.8 Å². The van der Waals surface area contributed by atoms with Crippen LogP contribution >= 0.6 is 0 Å². The van der Waals surface area contributed by atoms with Crippen molar-refractivity contribution < 1.29 is 9.18 Å². The van der Waals surface area contributed by atoms with Gasteiger partial charge in [0.25, 0.3) is 5.91 Å². The molecule has 0 bridgehead atoms. The van der Waals surface area contributed by atoms with Crippen LogP contribution in [0, 0.1) is 12.7 Å². The molecule has 31 heavy (non-hydrogen) atoms. The van der Waals surface area contributed by atoms with Crippen molar-refractivity contribution in [2.75, 3.05) is 28.6 Å². The number of aromatic nitrogens is 1. The van der Waals surface area contributed by atoms with Gasteiger partial charge in [-0.25, -0.2) is 4.39 Å². The van der Waals surface area contributed by atoms with Crippen molar-refractivity contribution in [2.24, 2.45) is 0 Å². The molecule has 1 amide bonds. The van der Waals surface area contributed by atoms with Crippen molar-refractivity contribution >= 4 is 28.5 Å². The highest BCUT2D eigenvalue weighted by Crippen LogP contribution is 2.34. The molecular formula is C25H23FN4O. The molecule has 5 nitrogen and oxygen atoms in total. The number of aryl methyl sites for hydroxylation is 1. The predicted molar refractivity (Wildman–Crippen MR) is 122 cm³/mol. The molecule has 2 aromatic carbocycles. The molecule has 2 N–H and O–H groups in total. The molecule has 0 saturated carbocycles. The Morgan fingerprint density at radius 2 is 2.10 bits per heavy atom. The lowest BCUT2D eigenvalue weighted by molar-refractivity contribution is -0.110. The van der Waals surface area contributed by atoms with Crippen LogP contribution in [-0.4, -0.2) is 24.0 Å². The van der Waals surface area contributed by atoms with Crippen LogP contribution < -0.4 is 15.5 Å². The van der Waals surface area contributed by atoms with Crippen molar-refractivity contribution in [3.63, 3.8) is 0 Å². The average molecular weight is 414 g/mol. The first kappa shape index (κ1) is 19.3. The van der Waals surface area contributed by atoms with Gasteiger partial charge in [0.05, 0.1) is 5.57 Å². The zero-order valence-corrected chi connectivity index (χ0v) is 17.2. The van der Waals surface area contributed by atoms with Crippen molar-refractivity contribution in [1.29, 1.82) is 0 Å². The Labute approximate surface area is 180 Å². The minimum atomic E-state index is -0.365. The third kappa shape index (κ3) is 3.77. The number of rotatable bonds is 4. The molecule has 1 aromatic heterocycles. The summed E-state index contributed by atoms with van der Waals surface area (Å²) in [6, 6.07) is 16.6. The van der Waals surface area contributed by atoms with Gasteiger partial charge in [-0.1, -0.05) is 6.07 Å². The molecule has 3 aromatic rings. The van der Waals surface area contributed by atoms with Crippen LogP contribution in [0.2, 0.25) is 0 Å². The first-order valence-corrected chi connectivity index (χ1v) is 10.4. The highest BCUT2D eigenvalue weighted by Gasteiger charge is 2.26. The number of nitrogens with zero attached hydrogens (tertiary/aromatic N) is 2. The Bertz CT molecular complexity index is 1180. The number of nitrogens with one attached hydrogen (secondary N) is 2. The zero-order valence-electron chi connectivity index (χ0n) is 17.2. The fraction of sp³-hybridized carbons (Fsp3) is 0.200. The van der Waals surface area contributed by atoms with Crippen LogP contribution in [0.25, 0.3) is 5.57 Å². The Morgan fingerprint density at radius 3 is 2.90 bits per heavy atom. The molecule has 6 heteroatoms. The molecule has 3 heterocycles. The molecule has 1 unspecified atom stereocenters. The van der Waals surface area contributed by atoms with Gasteiger partial charge in [0.15, 0.2) is 0 Å². The number of halogens is 1. The van der Waals surface area contributed by atoms with E-state index in [0.717, 1.165) is 36.5 Å². The topological polar surface area (TPSA) is 57.3 Å². The van der Waals surface area contributed by atoms with E-state index in [4.69, 9.17) is 0 Å². The third-order valence-corrected chi connectivity index (χ3v) is 5.98. The third-order valence-electron chi connectivity index (χ3n) is 5.98. The largest absolute Gasteiger partial charge is 0.371 e. The van der Waals surface area contributed by atoms with Crippen molar-refractivity contribution in [3.05, 3.63) is 89.6 Å². The summed E-state index contributed by atoms with van der Waals surface area (Å²) in [6.45, 7) is 4.05. The lowest BCUT2D eigenvalue weighted by atomic mass is 10.0. The summed E-state index contributed by atoms with van der Waals surface area (Å²) in [6.07, 6.45) is 4.59. The van der Waals surface area contributed by atoms with E-state index in [1.54, 1.807) is 12.3 Å².